The van der Waals surface area contributed by atoms with Crippen LogP contribution < -0.4 is 15.4 Å². The molecular formula is C16H19N5O3. The van der Waals surface area contributed by atoms with Gasteiger partial charge in [0.05, 0.1) is 19.9 Å². The quantitative estimate of drug-likeness (QED) is 0.879. The zero-order valence-corrected chi connectivity index (χ0v) is 13.7. The maximum Gasteiger partial charge on any atom is 0.323 e. The van der Waals surface area contributed by atoms with Crippen molar-refractivity contribution in [2.24, 2.45) is 7.05 Å². The zero-order chi connectivity index (χ0) is 17.3. The molecule has 1 aromatic heterocycles. The van der Waals surface area contributed by atoms with Gasteiger partial charge >= 0.3 is 6.03 Å². The number of hydrogen-bond donors (Lipinski definition) is 2. The van der Waals surface area contributed by atoms with Crippen LogP contribution in [0.5, 0.6) is 5.88 Å². The molecule has 24 heavy (non-hydrogen) atoms. The van der Waals surface area contributed by atoms with Crippen molar-refractivity contribution in [2.45, 2.75) is 19.5 Å². The van der Waals surface area contributed by atoms with Crippen molar-refractivity contribution in [3.05, 3.63) is 36.0 Å². The second-order valence-corrected chi connectivity index (χ2v) is 5.61. The molecule has 0 saturated carbocycles. The number of urea groups is 1. The predicted octanol–water partition coefficient (Wildman–Crippen LogP) is 1.80. The van der Waals surface area contributed by atoms with Crippen molar-refractivity contribution in [1.82, 2.24) is 14.7 Å². The topological polar surface area (TPSA) is 88.5 Å². The van der Waals surface area contributed by atoms with E-state index in [-0.39, 0.29) is 11.9 Å². The number of para-hydroxylation sites is 1. The van der Waals surface area contributed by atoms with E-state index in [1.54, 1.807) is 24.9 Å². The van der Waals surface area contributed by atoms with Gasteiger partial charge in [0.25, 0.3) is 5.88 Å². The molecule has 8 heteroatoms. The molecule has 8 nitrogen and oxygen atoms in total. The van der Waals surface area contributed by atoms with Crippen LogP contribution in [0.3, 0.4) is 0 Å². The average Bonchev–Trinajstić information content (AvgIpc) is 2.86. The summed E-state index contributed by atoms with van der Waals surface area (Å²) in [6.07, 6.45) is 1.65. The highest BCUT2D eigenvalue weighted by Crippen LogP contribution is 2.25. The Hall–Kier alpha value is -3.03. The monoisotopic (exact) mass is 329 g/mol. The van der Waals surface area contributed by atoms with E-state index in [0.29, 0.717) is 18.1 Å². The van der Waals surface area contributed by atoms with Gasteiger partial charge in [0, 0.05) is 12.7 Å². The first-order chi connectivity index (χ1) is 11.5. The lowest BCUT2D eigenvalue weighted by Crippen LogP contribution is -2.45. The number of aromatic nitrogens is 2. The highest BCUT2D eigenvalue weighted by Gasteiger charge is 2.30. The van der Waals surface area contributed by atoms with Crippen LogP contribution in [0.1, 0.15) is 12.5 Å². The number of ether oxygens (including phenoxy) is 1. The van der Waals surface area contributed by atoms with E-state index >= 15 is 0 Å². The zero-order valence-electron chi connectivity index (χ0n) is 13.7. The highest BCUT2D eigenvalue weighted by molar-refractivity contribution is 6.00. The van der Waals surface area contributed by atoms with E-state index in [1.807, 2.05) is 24.3 Å². The summed E-state index contributed by atoms with van der Waals surface area (Å²) in [5, 5.41) is 9.70. The second kappa shape index (κ2) is 6.23. The van der Waals surface area contributed by atoms with Gasteiger partial charge in [0.2, 0.25) is 5.91 Å². The molecule has 1 aliphatic rings. The van der Waals surface area contributed by atoms with Crippen LogP contribution in [0.4, 0.5) is 16.2 Å². The Morgan fingerprint density at radius 2 is 2.17 bits per heavy atom. The number of rotatable bonds is 2. The molecule has 0 fully saturated rings. The normalized spacial score (nSPS) is 16.9. The van der Waals surface area contributed by atoms with Crippen molar-refractivity contribution in [3.8, 4) is 5.88 Å². The van der Waals surface area contributed by atoms with Crippen LogP contribution >= 0.6 is 0 Å². The molecule has 1 aliphatic heterocycles. The molecule has 2 heterocycles. The summed E-state index contributed by atoms with van der Waals surface area (Å²) in [6.45, 7) is 2.02. The van der Waals surface area contributed by atoms with Crippen molar-refractivity contribution >= 4 is 23.3 Å². The van der Waals surface area contributed by atoms with Crippen LogP contribution in [0.2, 0.25) is 0 Å². The molecule has 0 bridgehead atoms. The summed E-state index contributed by atoms with van der Waals surface area (Å²) >= 11 is 0. The number of hydrogen-bond acceptors (Lipinski definition) is 4. The first-order valence-electron chi connectivity index (χ1n) is 7.53. The second-order valence-electron chi connectivity index (χ2n) is 5.61. The van der Waals surface area contributed by atoms with Crippen LogP contribution in [0, 0.1) is 0 Å². The Labute approximate surface area is 139 Å². The lowest BCUT2D eigenvalue weighted by atomic mass is 10.1. The van der Waals surface area contributed by atoms with Crippen LogP contribution in [0.25, 0.3) is 0 Å². The van der Waals surface area contributed by atoms with Gasteiger partial charge in [-0.2, -0.15) is 0 Å². The van der Waals surface area contributed by atoms with Gasteiger partial charge in [0.15, 0.2) is 0 Å². The molecule has 1 atom stereocenters. The maximum atomic E-state index is 12.7. The number of nitrogens with zero attached hydrogens (tertiary/aromatic N) is 3. The number of benzene rings is 1. The molecule has 126 valence electrons. The van der Waals surface area contributed by atoms with E-state index in [1.165, 1.54) is 12.0 Å². The first-order valence-corrected chi connectivity index (χ1v) is 7.53. The number of amides is 3. The summed E-state index contributed by atoms with van der Waals surface area (Å²) in [5.74, 6) is 0.0893. The maximum absolute atomic E-state index is 12.7. The van der Waals surface area contributed by atoms with Gasteiger partial charge in [0.1, 0.15) is 11.7 Å². The number of aryl methyl sites for hydroxylation is 1. The standard InChI is InChI=1S/C16H19N5O3/c1-10-14(22)17-12-7-5-4-6-11(12)8-21(10)16(23)18-13-9-20(2)19-15(13)24-3/h4-7,9-10H,8H2,1-3H3,(H,17,22)(H,18,23). The first kappa shape index (κ1) is 15.9. The Morgan fingerprint density at radius 3 is 2.92 bits per heavy atom. The molecule has 0 aliphatic carbocycles. The fourth-order valence-electron chi connectivity index (χ4n) is 2.62. The molecule has 1 aromatic carbocycles. The molecule has 1 unspecified atom stereocenters. The van der Waals surface area contributed by atoms with Crippen molar-refractivity contribution in [3.63, 3.8) is 0 Å². The van der Waals surface area contributed by atoms with Gasteiger partial charge in [-0.3, -0.25) is 9.48 Å². The minimum atomic E-state index is -0.611. The fourth-order valence-corrected chi connectivity index (χ4v) is 2.62. The Morgan fingerprint density at radius 1 is 1.42 bits per heavy atom. The molecule has 3 rings (SSSR count). The number of anilines is 2. The highest BCUT2D eigenvalue weighted by atomic mass is 16.5. The number of carbonyl (C=O) groups excluding carboxylic acids is 2. The lowest BCUT2D eigenvalue weighted by Gasteiger charge is -2.25. The fraction of sp³-hybridized carbons (Fsp3) is 0.312. The third-order valence-electron chi connectivity index (χ3n) is 3.95. The van der Waals surface area contributed by atoms with Gasteiger partial charge < -0.3 is 20.3 Å². The molecule has 2 N–H and O–H groups in total. The number of nitrogens with one attached hydrogen (secondary N) is 2. The van der Waals surface area contributed by atoms with Crippen LogP contribution in [-0.4, -0.2) is 39.8 Å². The molecular weight excluding hydrogens is 310 g/mol. The number of methoxy groups -OCH3 is 1. The lowest BCUT2D eigenvalue weighted by molar-refractivity contribution is -0.119. The van der Waals surface area contributed by atoms with Gasteiger partial charge in [-0.1, -0.05) is 18.2 Å². The molecule has 0 spiro atoms. The summed E-state index contributed by atoms with van der Waals surface area (Å²) in [4.78, 5) is 26.5. The predicted molar refractivity (Wildman–Crippen MR) is 88.9 cm³/mol. The van der Waals surface area contributed by atoms with E-state index < -0.39 is 6.04 Å². The largest absolute Gasteiger partial charge is 0.478 e. The molecule has 3 amide bonds. The summed E-state index contributed by atoms with van der Waals surface area (Å²) in [6, 6.07) is 6.44. The summed E-state index contributed by atoms with van der Waals surface area (Å²) in [5.41, 5.74) is 2.06. The Bertz CT molecular complexity index is 786. The summed E-state index contributed by atoms with van der Waals surface area (Å²) < 4.78 is 6.68. The van der Waals surface area contributed by atoms with Gasteiger partial charge in [-0.05, 0) is 18.6 Å². The van der Waals surface area contributed by atoms with E-state index in [0.717, 1.165) is 11.3 Å². The van der Waals surface area contributed by atoms with Gasteiger partial charge in [-0.25, -0.2) is 4.79 Å². The van der Waals surface area contributed by atoms with Crippen molar-refractivity contribution in [2.75, 3.05) is 17.7 Å². The van der Waals surface area contributed by atoms with Gasteiger partial charge in [-0.15, -0.1) is 5.10 Å². The minimum absolute atomic E-state index is 0.228. The van der Waals surface area contributed by atoms with E-state index in [2.05, 4.69) is 15.7 Å². The summed E-state index contributed by atoms with van der Waals surface area (Å²) in [7, 11) is 3.21. The molecule has 0 saturated heterocycles. The molecule has 0 radical (unpaired) electrons. The number of fused-ring (bicyclic) bond motifs is 1. The average molecular weight is 329 g/mol. The Kier molecular flexibility index (Phi) is 4.11. The van der Waals surface area contributed by atoms with E-state index in [4.69, 9.17) is 4.74 Å². The third kappa shape index (κ3) is 2.90. The third-order valence-corrected chi connectivity index (χ3v) is 3.95. The SMILES string of the molecule is COc1nn(C)cc1NC(=O)N1Cc2ccccc2NC(=O)C1C. The van der Waals surface area contributed by atoms with Crippen LogP contribution in [0.15, 0.2) is 30.5 Å². The smallest absolute Gasteiger partial charge is 0.323 e. The van der Waals surface area contributed by atoms with Crippen molar-refractivity contribution in [1.29, 1.82) is 0 Å². The van der Waals surface area contributed by atoms with E-state index in [9.17, 15) is 9.59 Å². The van der Waals surface area contributed by atoms with Crippen molar-refractivity contribution < 1.29 is 14.3 Å². The number of carbonyl (C=O) groups is 2. The molecule has 2 aromatic rings. The van der Waals surface area contributed by atoms with Crippen LogP contribution in [-0.2, 0) is 18.4 Å². The Balaban J connectivity index is 1.86. The minimum Gasteiger partial charge on any atom is -0.478 e.